The lowest BCUT2D eigenvalue weighted by atomic mass is 9.73. The second kappa shape index (κ2) is 6.96. The van der Waals surface area contributed by atoms with Crippen molar-refractivity contribution in [2.24, 2.45) is 11.3 Å². The van der Waals surface area contributed by atoms with E-state index in [1.165, 1.54) is 5.56 Å². The first kappa shape index (κ1) is 18.2. The molecule has 0 saturated carbocycles. The Hall–Kier alpha value is -1.59. The Kier molecular flexibility index (Phi) is 5.07. The van der Waals surface area contributed by atoms with Gasteiger partial charge in [0.25, 0.3) is 0 Å². The number of likely N-dealkylation sites (tertiary alicyclic amines) is 2. The van der Waals surface area contributed by atoms with Crippen molar-refractivity contribution in [3.63, 3.8) is 0 Å². The topological polar surface area (TPSA) is 53.0 Å². The molecular weight excluding hydrogens is 316 g/mol. The minimum Gasteiger partial charge on any atom is -0.444 e. The van der Waals surface area contributed by atoms with Crippen molar-refractivity contribution in [3.8, 4) is 0 Å². The van der Waals surface area contributed by atoms with Crippen LogP contribution in [0.1, 0.15) is 32.8 Å². The molecule has 25 heavy (non-hydrogen) atoms. The Labute approximate surface area is 150 Å². The maximum absolute atomic E-state index is 12.4. The summed E-state index contributed by atoms with van der Waals surface area (Å²) in [5, 5.41) is 10.1. The van der Waals surface area contributed by atoms with Crippen LogP contribution in [0.5, 0.6) is 0 Å². The summed E-state index contributed by atoms with van der Waals surface area (Å²) in [5.74, 6) is 0.294. The van der Waals surface area contributed by atoms with Gasteiger partial charge in [-0.1, -0.05) is 30.3 Å². The number of ether oxygens (including phenoxy) is 1. The zero-order chi connectivity index (χ0) is 18.1. The van der Waals surface area contributed by atoms with Crippen LogP contribution in [-0.4, -0.2) is 59.4 Å². The Morgan fingerprint density at radius 1 is 1.28 bits per heavy atom. The summed E-state index contributed by atoms with van der Waals surface area (Å²) in [6, 6.07) is 10.4. The van der Waals surface area contributed by atoms with Gasteiger partial charge in [-0.3, -0.25) is 4.90 Å². The highest BCUT2D eigenvalue weighted by Crippen LogP contribution is 2.43. The average Bonchev–Trinajstić information content (AvgIpc) is 2.91. The number of nitrogens with zero attached hydrogens (tertiary/aromatic N) is 2. The molecule has 0 radical (unpaired) electrons. The summed E-state index contributed by atoms with van der Waals surface area (Å²) in [6.07, 6.45) is 0.596. The van der Waals surface area contributed by atoms with Crippen molar-refractivity contribution in [2.45, 2.75) is 39.3 Å². The van der Waals surface area contributed by atoms with Gasteiger partial charge in [-0.25, -0.2) is 4.79 Å². The van der Waals surface area contributed by atoms with Crippen LogP contribution in [0.25, 0.3) is 0 Å². The Morgan fingerprint density at radius 2 is 2.00 bits per heavy atom. The molecule has 2 aliphatic rings. The number of hydrogen-bond donors (Lipinski definition) is 1. The lowest BCUT2D eigenvalue weighted by Crippen LogP contribution is -2.51. The molecule has 3 rings (SSSR count). The quantitative estimate of drug-likeness (QED) is 0.914. The summed E-state index contributed by atoms with van der Waals surface area (Å²) in [7, 11) is 0. The molecule has 2 heterocycles. The maximum Gasteiger partial charge on any atom is 0.410 e. The van der Waals surface area contributed by atoms with Gasteiger partial charge in [-0.05, 0) is 38.7 Å². The fourth-order valence-electron chi connectivity index (χ4n) is 4.11. The number of amides is 1. The first-order valence-electron chi connectivity index (χ1n) is 9.16. The van der Waals surface area contributed by atoms with Gasteiger partial charge in [0.05, 0.1) is 6.61 Å². The molecule has 5 heteroatoms. The van der Waals surface area contributed by atoms with Crippen LogP contribution in [0, 0.1) is 11.3 Å². The molecule has 2 saturated heterocycles. The van der Waals surface area contributed by atoms with Crippen LogP contribution in [0.3, 0.4) is 0 Å². The second-order valence-corrected chi connectivity index (χ2v) is 8.55. The Balaban J connectivity index is 1.65. The third-order valence-electron chi connectivity index (χ3n) is 5.42. The van der Waals surface area contributed by atoms with E-state index < -0.39 is 5.60 Å². The van der Waals surface area contributed by atoms with Gasteiger partial charge in [0, 0.05) is 38.1 Å². The molecule has 0 aliphatic carbocycles. The van der Waals surface area contributed by atoms with Crippen molar-refractivity contribution in [2.75, 3.05) is 32.8 Å². The number of carbonyl (C=O) groups is 1. The molecule has 1 aromatic rings. The first-order chi connectivity index (χ1) is 11.8. The third-order valence-corrected chi connectivity index (χ3v) is 5.42. The highest BCUT2D eigenvalue weighted by molar-refractivity contribution is 5.68. The molecule has 1 amide bonds. The molecular formula is C20H30N2O3. The van der Waals surface area contributed by atoms with E-state index in [-0.39, 0.29) is 18.1 Å². The van der Waals surface area contributed by atoms with Crippen molar-refractivity contribution in [1.29, 1.82) is 0 Å². The van der Waals surface area contributed by atoms with E-state index in [2.05, 4.69) is 29.2 Å². The smallest absolute Gasteiger partial charge is 0.410 e. The van der Waals surface area contributed by atoms with Crippen LogP contribution in [0.15, 0.2) is 30.3 Å². The predicted molar refractivity (Wildman–Crippen MR) is 97.2 cm³/mol. The van der Waals surface area contributed by atoms with Gasteiger partial charge >= 0.3 is 6.09 Å². The molecule has 0 aromatic heterocycles. The van der Waals surface area contributed by atoms with E-state index in [0.717, 1.165) is 26.1 Å². The van der Waals surface area contributed by atoms with Gasteiger partial charge in [0.2, 0.25) is 0 Å². The van der Waals surface area contributed by atoms with Gasteiger partial charge < -0.3 is 14.7 Å². The standard InChI is InChI=1S/C20H30N2O3/c1-19(2,3)25-18(24)22-10-9-20(15-23)14-21(12-17(20)13-22)11-16-7-5-4-6-8-16/h4-8,17,23H,9-15H2,1-3H3/t17-,20+/m0/s1. The first-order valence-corrected chi connectivity index (χ1v) is 9.16. The molecule has 0 spiro atoms. The second-order valence-electron chi connectivity index (χ2n) is 8.55. The fraction of sp³-hybridized carbons (Fsp3) is 0.650. The number of rotatable bonds is 3. The fourth-order valence-corrected chi connectivity index (χ4v) is 4.11. The predicted octanol–water partition coefficient (Wildman–Crippen LogP) is 2.74. The number of carbonyl (C=O) groups excluding carboxylic acids is 1. The highest BCUT2D eigenvalue weighted by atomic mass is 16.6. The normalized spacial score (nSPS) is 27.2. The lowest BCUT2D eigenvalue weighted by molar-refractivity contribution is -0.0121. The number of fused-ring (bicyclic) bond motifs is 1. The number of benzene rings is 1. The van der Waals surface area contributed by atoms with E-state index >= 15 is 0 Å². The molecule has 2 atom stereocenters. The van der Waals surface area contributed by atoms with Crippen LogP contribution in [0.4, 0.5) is 4.79 Å². The summed E-state index contributed by atoms with van der Waals surface area (Å²) < 4.78 is 5.53. The number of hydrogen-bond acceptors (Lipinski definition) is 4. The Bertz CT molecular complexity index is 599. The SMILES string of the molecule is CC(C)(C)OC(=O)N1CC[C@]2(CO)CN(Cc3ccccc3)C[C@H]2C1. The van der Waals surface area contributed by atoms with Gasteiger partial charge in [0.1, 0.15) is 5.60 Å². The van der Waals surface area contributed by atoms with Crippen molar-refractivity contribution < 1.29 is 14.6 Å². The van der Waals surface area contributed by atoms with Crippen molar-refractivity contribution >= 4 is 6.09 Å². The number of aliphatic hydroxyl groups is 1. The third kappa shape index (κ3) is 4.15. The van der Waals surface area contributed by atoms with Crippen LogP contribution >= 0.6 is 0 Å². The average molecular weight is 346 g/mol. The zero-order valence-electron chi connectivity index (χ0n) is 15.6. The molecule has 1 aromatic carbocycles. The number of aliphatic hydroxyl groups excluding tert-OH is 1. The van der Waals surface area contributed by atoms with Crippen LogP contribution in [0.2, 0.25) is 0 Å². The van der Waals surface area contributed by atoms with E-state index in [4.69, 9.17) is 4.74 Å². The molecule has 1 N–H and O–H groups in total. The zero-order valence-corrected chi connectivity index (χ0v) is 15.6. The van der Waals surface area contributed by atoms with Gasteiger partial charge in [-0.15, -0.1) is 0 Å². The van der Waals surface area contributed by atoms with E-state index in [9.17, 15) is 9.90 Å². The molecule has 0 bridgehead atoms. The molecule has 0 unspecified atom stereocenters. The van der Waals surface area contributed by atoms with E-state index in [0.29, 0.717) is 19.0 Å². The number of piperidine rings is 1. The highest BCUT2D eigenvalue weighted by Gasteiger charge is 2.50. The maximum atomic E-state index is 12.4. The van der Waals surface area contributed by atoms with Gasteiger partial charge in [-0.2, -0.15) is 0 Å². The van der Waals surface area contributed by atoms with Crippen molar-refractivity contribution in [1.82, 2.24) is 9.80 Å². The molecule has 2 aliphatic heterocycles. The van der Waals surface area contributed by atoms with Crippen LogP contribution in [-0.2, 0) is 11.3 Å². The molecule has 5 nitrogen and oxygen atoms in total. The minimum atomic E-state index is -0.475. The van der Waals surface area contributed by atoms with Gasteiger partial charge in [0.15, 0.2) is 0 Å². The molecule has 138 valence electrons. The summed E-state index contributed by atoms with van der Waals surface area (Å²) in [6.45, 7) is 9.89. The largest absolute Gasteiger partial charge is 0.444 e. The van der Waals surface area contributed by atoms with E-state index in [1.807, 2.05) is 31.7 Å². The summed E-state index contributed by atoms with van der Waals surface area (Å²) >= 11 is 0. The Morgan fingerprint density at radius 3 is 2.64 bits per heavy atom. The van der Waals surface area contributed by atoms with Crippen molar-refractivity contribution in [3.05, 3.63) is 35.9 Å². The van der Waals surface area contributed by atoms with E-state index in [1.54, 1.807) is 0 Å². The lowest BCUT2D eigenvalue weighted by Gasteiger charge is -2.42. The minimum absolute atomic E-state index is 0.0900. The summed E-state index contributed by atoms with van der Waals surface area (Å²) in [4.78, 5) is 16.6. The molecule has 2 fully saturated rings. The summed E-state index contributed by atoms with van der Waals surface area (Å²) in [5.41, 5.74) is 0.725. The van der Waals surface area contributed by atoms with Crippen LogP contribution < -0.4 is 0 Å². The monoisotopic (exact) mass is 346 g/mol.